The minimum Gasteiger partial charge on any atom is -0.285 e. The number of carbonyl (C=O) groups is 1. The van der Waals surface area contributed by atoms with Crippen molar-refractivity contribution in [2.75, 3.05) is 0 Å². The second-order valence-corrected chi connectivity index (χ2v) is 3.61. The van der Waals surface area contributed by atoms with Gasteiger partial charge in [-0.15, -0.1) is 0 Å². The summed E-state index contributed by atoms with van der Waals surface area (Å²) >= 11 is 0. The molecule has 0 spiro atoms. The standard InChI is InChI=1S/C12H14N4O/c1-3-9-7-11(16(4-2)15-9)12(17)10-8-13-5-6-14-10/h5-8H,3-4H2,1-2H3. The van der Waals surface area contributed by atoms with Crippen LogP contribution in [-0.4, -0.2) is 25.5 Å². The molecule has 0 saturated heterocycles. The molecule has 0 aliphatic rings. The molecule has 0 unspecified atom stereocenters. The van der Waals surface area contributed by atoms with Crippen LogP contribution in [0.3, 0.4) is 0 Å². The van der Waals surface area contributed by atoms with Crippen LogP contribution in [0.2, 0.25) is 0 Å². The SMILES string of the molecule is CCc1cc(C(=O)c2cnccn2)n(CC)n1. The van der Waals surface area contributed by atoms with Crippen molar-refractivity contribution in [3.63, 3.8) is 0 Å². The number of aryl methyl sites for hydroxylation is 2. The number of hydrogen-bond acceptors (Lipinski definition) is 4. The van der Waals surface area contributed by atoms with E-state index in [4.69, 9.17) is 0 Å². The summed E-state index contributed by atoms with van der Waals surface area (Å²) in [5, 5.41) is 4.34. The van der Waals surface area contributed by atoms with E-state index in [1.54, 1.807) is 10.9 Å². The zero-order valence-corrected chi connectivity index (χ0v) is 9.92. The molecule has 2 heterocycles. The maximum absolute atomic E-state index is 12.2. The minimum absolute atomic E-state index is 0.132. The summed E-state index contributed by atoms with van der Waals surface area (Å²) in [6.07, 6.45) is 5.35. The van der Waals surface area contributed by atoms with Crippen LogP contribution < -0.4 is 0 Å². The number of aromatic nitrogens is 4. The molecule has 0 aliphatic carbocycles. The van der Waals surface area contributed by atoms with Crippen LogP contribution in [0.25, 0.3) is 0 Å². The molecule has 2 rings (SSSR count). The van der Waals surface area contributed by atoms with Crippen molar-refractivity contribution in [3.8, 4) is 0 Å². The highest BCUT2D eigenvalue weighted by atomic mass is 16.1. The predicted octanol–water partition coefficient (Wildman–Crippen LogP) is 1.49. The van der Waals surface area contributed by atoms with Gasteiger partial charge in [-0.05, 0) is 19.4 Å². The molecule has 2 aromatic heterocycles. The van der Waals surface area contributed by atoms with Gasteiger partial charge in [0.2, 0.25) is 5.78 Å². The quantitative estimate of drug-likeness (QED) is 0.746. The summed E-state index contributed by atoms with van der Waals surface area (Å²) in [6.45, 7) is 4.64. The van der Waals surface area contributed by atoms with Crippen molar-refractivity contribution in [1.82, 2.24) is 19.7 Å². The Morgan fingerprint density at radius 1 is 1.35 bits per heavy atom. The van der Waals surface area contributed by atoms with Crippen molar-refractivity contribution in [2.45, 2.75) is 26.8 Å². The van der Waals surface area contributed by atoms with Crippen molar-refractivity contribution in [2.24, 2.45) is 0 Å². The van der Waals surface area contributed by atoms with Gasteiger partial charge in [-0.2, -0.15) is 5.10 Å². The van der Waals surface area contributed by atoms with Gasteiger partial charge >= 0.3 is 0 Å². The van der Waals surface area contributed by atoms with E-state index in [2.05, 4.69) is 15.1 Å². The Balaban J connectivity index is 2.40. The largest absolute Gasteiger partial charge is 0.285 e. The summed E-state index contributed by atoms with van der Waals surface area (Å²) in [6, 6.07) is 1.82. The van der Waals surface area contributed by atoms with Crippen molar-refractivity contribution < 1.29 is 4.79 Å². The highest BCUT2D eigenvalue weighted by Gasteiger charge is 2.16. The molecule has 0 saturated carbocycles. The molecule has 0 fully saturated rings. The lowest BCUT2D eigenvalue weighted by Crippen LogP contribution is -2.11. The highest BCUT2D eigenvalue weighted by Crippen LogP contribution is 2.10. The van der Waals surface area contributed by atoms with Crippen molar-refractivity contribution >= 4 is 5.78 Å². The van der Waals surface area contributed by atoms with Crippen LogP contribution in [0.15, 0.2) is 24.7 Å². The van der Waals surface area contributed by atoms with E-state index in [0.717, 1.165) is 12.1 Å². The molecule has 17 heavy (non-hydrogen) atoms. The lowest BCUT2D eigenvalue weighted by molar-refractivity contribution is 0.102. The topological polar surface area (TPSA) is 60.7 Å². The van der Waals surface area contributed by atoms with Crippen LogP contribution >= 0.6 is 0 Å². The second kappa shape index (κ2) is 4.86. The Bertz CT molecular complexity index is 519. The molecular weight excluding hydrogens is 216 g/mol. The van der Waals surface area contributed by atoms with Gasteiger partial charge in [-0.25, -0.2) is 4.98 Å². The third-order valence-electron chi connectivity index (χ3n) is 2.52. The molecule has 88 valence electrons. The van der Waals surface area contributed by atoms with Gasteiger partial charge in [0.1, 0.15) is 11.4 Å². The van der Waals surface area contributed by atoms with Crippen LogP contribution in [0.5, 0.6) is 0 Å². The van der Waals surface area contributed by atoms with Gasteiger partial charge in [0.25, 0.3) is 0 Å². The van der Waals surface area contributed by atoms with Crippen LogP contribution in [0, 0.1) is 0 Å². The fourth-order valence-electron chi connectivity index (χ4n) is 1.61. The lowest BCUT2D eigenvalue weighted by atomic mass is 10.2. The third-order valence-corrected chi connectivity index (χ3v) is 2.52. The molecule has 0 amide bonds. The van der Waals surface area contributed by atoms with Crippen molar-refractivity contribution in [1.29, 1.82) is 0 Å². The normalized spacial score (nSPS) is 10.5. The first-order valence-corrected chi connectivity index (χ1v) is 5.63. The number of carbonyl (C=O) groups excluding carboxylic acids is 1. The van der Waals surface area contributed by atoms with Crippen LogP contribution in [0.4, 0.5) is 0 Å². The van der Waals surface area contributed by atoms with Gasteiger partial charge in [0, 0.05) is 18.9 Å². The average molecular weight is 230 g/mol. The molecule has 5 heteroatoms. The summed E-state index contributed by atoms with van der Waals surface area (Å²) in [4.78, 5) is 20.1. The van der Waals surface area contributed by atoms with E-state index in [0.29, 0.717) is 17.9 Å². The first-order valence-electron chi connectivity index (χ1n) is 5.63. The fourth-order valence-corrected chi connectivity index (χ4v) is 1.61. The average Bonchev–Trinajstić information content (AvgIpc) is 2.82. The Morgan fingerprint density at radius 2 is 2.18 bits per heavy atom. The monoisotopic (exact) mass is 230 g/mol. The summed E-state index contributed by atoms with van der Waals surface area (Å²) in [7, 11) is 0. The van der Waals surface area contributed by atoms with Gasteiger partial charge in [-0.3, -0.25) is 14.5 Å². The van der Waals surface area contributed by atoms with E-state index in [1.807, 2.05) is 19.9 Å². The Morgan fingerprint density at radius 3 is 2.76 bits per heavy atom. The number of nitrogens with zero attached hydrogens (tertiary/aromatic N) is 4. The molecule has 0 radical (unpaired) electrons. The van der Waals surface area contributed by atoms with E-state index in [-0.39, 0.29) is 5.78 Å². The summed E-state index contributed by atoms with van der Waals surface area (Å²) in [5.74, 6) is -0.132. The Kier molecular flexibility index (Phi) is 3.27. The van der Waals surface area contributed by atoms with E-state index < -0.39 is 0 Å². The highest BCUT2D eigenvalue weighted by molar-refractivity contribution is 6.06. The maximum Gasteiger partial charge on any atom is 0.230 e. The van der Waals surface area contributed by atoms with E-state index in [9.17, 15) is 4.79 Å². The molecule has 0 aliphatic heterocycles. The second-order valence-electron chi connectivity index (χ2n) is 3.61. The van der Waals surface area contributed by atoms with Crippen LogP contribution in [0.1, 0.15) is 35.7 Å². The fraction of sp³-hybridized carbons (Fsp3) is 0.333. The number of ketones is 1. The number of rotatable bonds is 4. The third kappa shape index (κ3) is 2.22. The zero-order valence-electron chi connectivity index (χ0n) is 9.92. The van der Waals surface area contributed by atoms with E-state index >= 15 is 0 Å². The van der Waals surface area contributed by atoms with Gasteiger partial charge in [-0.1, -0.05) is 6.92 Å². The first kappa shape index (κ1) is 11.4. The minimum atomic E-state index is -0.132. The van der Waals surface area contributed by atoms with Gasteiger partial charge in [0.15, 0.2) is 0 Å². The molecular formula is C12H14N4O. The summed E-state index contributed by atoms with van der Waals surface area (Å²) < 4.78 is 1.70. The lowest BCUT2D eigenvalue weighted by Gasteiger charge is -2.02. The predicted molar refractivity (Wildman–Crippen MR) is 62.7 cm³/mol. The van der Waals surface area contributed by atoms with Gasteiger partial charge in [0.05, 0.1) is 11.9 Å². The molecule has 2 aromatic rings. The molecule has 0 aromatic carbocycles. The number of hydrogen-bond donors (Lipinski definition) is 0. The Hall–Kier alpha value is -2.04. The van der Waals surface area contributed by atoms with E-state index in [1.165, 1.54) is 12.4 Å². The van der Waals surface area contributed by atoms with Gasteiger partial charge < -0.3 is 0 Å². The maximum atomic E-state index is 12.2. The molecule has 5 nitrogen and oxygen atoms in total. The first-order chi connectivity index (χ1) is 8.26. The Labute approximate surface area is 99.5 Å². The molecule has 0 atom stereocenters. The zero-order chi connectivity index (χ0) is 12.3. The van der Waals surface area contributed by atoms with Crippen LogP contribution in [-0.2, 0) is 13.0 Å². The molecule has 0 N–H and O–H groups in total. The summed E-state index contributed by atoms with van der Waals surface area (Å²) in [5.41, 5.74) is 1.84. The molecule has 0 bridgehead atoms. The van der Waals surface area contributed by atoms with Crippen molar-refractivity contribution in [3.05, 3.63) is 41.7 Å². The smallest absolute Gasteiger partial charge is 0.230 e.